The second kappa shape index (κ2) is 9.41. The Bertz CT molecular complexity index is 444. The second-order valence-corrected chi connectivity index (χ2v) is 7.24. The standard InChI is InChI=1S/C16H27NO6.K/c1-15(2,10-18)12(14(20)21)17-13(19)11-3-6-23-16(9-11)4-7-22-8-5-16;/h11-12,18H,3-10H2,1-2H3,(H,17,19)(H,20,21);/q;+1/p-1. The summed E-state index contributed by atoms with van der Waals surface area (Å²) in [6.45, 7) is 4.52. The van der Waals surface area contributed by atoms with Gasteiger partial charge in [-0.15, -0.1) is 0 Å². The van der Waals surface area contributed by atoms with Crippen LogP contribution in [0.25, 0.3) is 0 Å². The molecule has 2 aliphatic heterocycles. The summed E-state index contributed by atoms with van der Waals surface area (Å²) in [4.78, 5) is 23.9. The van der Waals surface area contributed by atoms with Crippen molar-refractivity contribution in [1.82, 2.24) is 5.32 Å². The fourth-order valence-corrected chi connectivity index (χ4v) is 3.27. The first-order valence-corrected chi connectivity index (χ1v) is 8.13. The molecule has 0 aromatic carbocycles. The smallest absolute Gasteiger partial charge is 0.548 e. The van der Waals surface area contributed by atoms with Crippen LogP contribution in [0.5, 0.6) is 0 Å². The first kappa shape index (κ1) is 22.5. The van der Waals surface area contributed by atoms with Gasteiger partial charge in [0.1, 0.15) is 0 Å². The van der Waals surface area contributed by atoms with Gasteiger partial charge in [0.15, 0.2) is 0 Å². The molecule has 132 valence electrons. The molecule has 0 saturated carbocycles. The zero-order valence-corrected chi connectivity index (χ0v) is 17.9. The number of aliphatic carboxylic acids is 1. The molecule has 2 unspecified atom stereocenters. The molecular formula is C16H26KNO6. The molecule has 0 aromatic rings. The van der Waals surface area contributed by atoms with E-state index in [4.69, 9.17) is 9.47 Å². The summed E-state index contributed by atoms with van der Waals surface area (Å²) in [5.74, 6) is -1.99. The molecule has 2 aliphatic rings. The first-order chi connectivity index (χ1) is 10.8. The van der Waals surface area contributed by atoms with Crippen molar-refractivity contribution in [2.45, 2.75) is 51.2 Å². The molecule has 0 bridgehead atoms. The van der Waals surface area contributed by atoms with E-state index in [-0.39, 0.29) is 75.4 Å². The topological polar surface area (TPSA) is 108 Å². The maximum absolute atomic E-state index is 12.5. The summed E-state index contributed by atoms with van der Waals surface area (Å²) in [5, 5.41) is 23.3. The molecule has 2 heterocycles. The summed E-state index contributed by atoms with van der Waals surface area (Å²) in [7, 11) is 0. The maximum Gasteiger partial charge on any atom is 1.00 e. The van der Waals surface area contributed by atoms with Gasteiger partial charge in [0, 0.05) is 31.2 Å². The van der Waals surface area contributed by atoms with Gasteiger partial charge in [-0.25, -0.2) is 0 Å². The maximum atomic E-state index is 12.5. The Hall–Kier alpha value is 0.456. The molecule has 1 amide bonds. The zero-order chi connectivity index (χ0) is 17.1. The molecule has 2 N–H and O–H groups in total. The fraction of sp³-hybridized carbons (Fsp3) is 0.875. The molecule has 8 heteroatoms. The van der Waals surface area contributed by atoms with Crippen LogP contribution in [-0.4, -0.2) is 55.1 Å². The van der Waals surface area contributed by atoms with Gasteiger partial charge >= 0.3 is 51.4 Å². The minimum Gasteiger partial charge on any atom is -0.548 e. The monoisotopic (exact) mass is 367 g/mol. The van der Waals surface area contributed by atoms with E-state index in [1.54, 1.807) is 13.8 Å². The summed E-state index contributed by atoms with van der Waals surface area (Å²) >= 11 is 0. The van der Waals surface area contributed by atoms with Gasteiger partial charge < -0.3 is 29.8 Å². The van der Waals surface area contributed by atoms with Crippen molar-refractivity contribution in [2.24, 2.45) is 11.3 Å². The minimum absolute atomic E-state index is 0. The molecule has 2 fully saturated rings. The third-order valence-electron chi connectivity index (χ3n) is 4.98. The summed E-state index contributed by atoms with van der Waals surface area (Å²) < 4.78 is 11.3. The van der Waals surface area contributed by atoms with Gasteiger partial charge in [0.05, 0.1) is 24.2 Å². The van der Waals surface area contributed by atoms with Crippen LogP contribution in [0.1, 0.15) is 39.5 Å². The third-order valence-corrected chi connectivity index (χ3v) is 4.98. The molecule has 2 rings (SSSR count). The van der Waals surface area contributed by atoms with Crippen LogP contribution in [0, 0.1) is 11.3 Å². The number of carbonyl (C=O) groups is 2. The largest absolute Gasteiger partial charge is 1.00 e. The quantitative estimate of drug-likeness (QED) is 0.483. The van der Waals surface area contributed by atoms with E-state index in [1.165, 1.54) is 0 Å². The summed E-state index contributed by atoms with van der Waals surface area (Å²) in [6, 6.07) is -1.23. The number of carboxylic acids is 1. The zero-order valence-electron chi connectivity index (χ0n) is 14.8. The first-order valence-electron chi connectivity index (χ1n) is 8.13. The Labute approximate surface area is 185 Å². The molecule has 7 nitrogen and oxygen atoms in total. The Kier molecular flexibility index (Phi) is 8.82. The normalized spacial score (nSPS) is 24.7. The van der Waals surface area contributed by atoms with Crippen LogP contribution in [0.15, 0.2) is 0 Å². The van der Waals surface area contributed by atoms with Crippen molar-refractivity contribution in [2.75, 3.05) is 26.4 Å². The molecule has 2 atom stereocenters. The van der Waals surface area contributed by atoms with Crippen LogP contribution in [-0.2, 0) is 19.1 Å². The van der Waals surface area contributed by atoms with Crippen molar-refractivity contribution in [3.63, 3.8) is 0 Å². The van der Waals surface area contributed by atoms with Crippen molar-refractivity contribution in [3.05, 3.63) is 0 Å². The number of ether oxygens (including phenoxy) is 2. The number of aliphatic hydroxyl groups excluding tert-OH is 1. The Morgan fingerprint density at radius 3 is 2.50 bits per heavy atom. The van der Waals surface area contributed by atoms with Crippen LogP contribution < -0.4 is 61.8 Å². The van der Waals surface area contributed by atoms with Crippen molar-refractivity contribution in [3.8, 4) is 0 Å². The van der Waals surface area contributed by atoms with Gasteiger partial charge in [0.25, 0.3) is 0 Å². The van der Waals surface area contributed by atoms with E-state index >= 15 is 0 Å². The number of hydrogen-bond donors (Lipinski definition) is 2. The van der Waals surface area contributed by atoms with E-state index in [9.17, 15) is 19.8 Å². The van der Waals surface area contributed by atoms with Gasteiger partial charge in [-0.2, -0.15) is 0 Å². The fourth-order valence-electron chi connectivity index (χ4n) is 3.27. The van der Waals surface area contributed by atoms with E-state index in [0.29, 0.717) is 32.7 Å². The van der Waals surface area contributed by atoms with E-state index in [0.717, 1.165) is 12.8 Å². The summed E-state index contributed by atoms with van der Waals surface area (Å²) in [6.07, 6.45) is 2.64. The number of carboxylic acid groups (broad SMARTS) is 1. The predicted molar refractivity (Wildman–Crippen MR) is 79.3 cm³/mol. The molecule has 0 aliphatic carbocycles. The third kappa shape index (κ3) is 5.47. The molecular weight excluding hydrogens is 341 g/mol. The average molecular weight is 367 g/mol. The summed E-state index contributed by atoms with van der Waals surface area (Å²) in [5.41, 5.74) is -1.32. The second-order valence-electron chi connectivity index (χ2n) is 7.24. The molecule has 24 heavy (non-hydrogen) atoms. The van der Waals surface area contributed by atoms with Crippen LogP contribution in [0.2, 0.25) is 0 Å². The Morgan fingerprint density at radius 1 is 1.33 bits per heavy atom. The number of carbonyl (C=O) groups excluding carboxylic acids is 2. The molecule has 2 saturated heterocycles. The minimum atomic E-state index is -1.38. The number of aliphatic hydroxyl groups is 1. The van der Waals surface area contributed by atoms with E-state index in [1.807, 2.05) is 0 Å². The Balaban J connectivity index is 0.00000288. The van der Waals surface area contributed by atoms with Crippen molar-refractivity contribution < 1.29 is 80.7 Å². The van der Waals surface area contributed by atoms with Crippen LogP contribution in [0.4, 0.5) is 0 Å². The van der Waals surface area contributed by atoms with Gasteiger partial charge in [-0.05, 0) is 25.7 Å². The molecule has 1 spiro atoms. The SMILES string of the molecule is CC(C)(CO)C(NC(=O)C1CCOC2(CCOCC2)C1)C(=O)[O-].[K+]. The number of nitrogens with one attached hydrogen (secondary N) is 1. The van der Waals surface area contributed by atoms with Gasteiger partial charge in [0.2, 0.25) is 5.91 Å². The van der Waals surface area contributed by atoms with E-state index in [2.05, 4.69) is 5.32 Å². The number of rotatable bonds is 5. The van der Waals surface area contributed by atoms with Crippen molar-refractivity contribution in [1.29, 1.82) is 0 Å². The van der Waals surface area contributed by atoms with Crippen molar-refractivity contribution >= 4 is 11.9 Å². The molecule has 0 aromatic heterocycles. The molecule has 0 radical (unpaired) electrons. The predicted octanol–water partition coefficient (Wildman–Crippen LogP) is -3.78. The average Bonchev–Trinajstić information content (AvgIpc) is 2.52. The Morgan fingerprint density at radius 2 is 1.96 bits per heavy atom. The van der Waals surface area contributed by atoms with Gasteiger partial charge in [-0.3, -0.25) is 4.79 Å². The number of amides is 1. The van der Waals surface area contributed by atoms with E-state index < -0.39 is 17.4 Å². The van der Waals surface area contributed by atoms with Crippen LogP contribution in [0.3, 0.4) is 0 Å². The van der Waals surface area contributed by atoms with Crippen LogP contribution >= 0.6 is 0 Å². The number of hydrogen-bond acceptors (Lipinski definition) is 6. The van der Waals surface area contributed by atoms with Gasteiger partial charge in [-0.1, -0.05) is 13.8 Å².